The van der Waals surface area contributed by atoms with Crippen LogP contribution in [0.3, 0.4) is 0 Å². The van der Waals surface area contributed by atoms with Crippen molar-refractivity contribution in [3.63, 3.8) is 0 Å². The summed E-state index contributed by atoms with van der Waals surface area (Å²) in [6.07, 6.45) is 2.75. The van der Waals surface area contributed by atoms with E-state index in [2.05, 4.69) is 6.92 Å². The van der Waals surface area contributed by atoms with Crippen LogP contribution in [-0.4, -0.2) is 71.8 Å². The third kappa shape index (κ3) is 11.9. The van der Waals surface area contributed by atoms with E-state index >= 15 is 0 Å². The van der Waals surface area contributed by atoms with E-state index in [0.717, 1.165) is 25.3 Å². The van der Waals surface area contributed by atoms with E-state index in [1.165, 1.54) is 0 Å². The molecule has 0 saturated carbocycles. The van der Waals surface area contributed by atoms with E-state index in [9.17, 15) is 0 Å². The summed E-state index contributed by atoms with van der Waals surface area (Å²) in [4.78, 5) is 0. The molecule has 9 nitrogen and oxygen atoms in total. The van der Waals surface area contributed by atoms with Crippen molar-refractivity contribution in [2.24, 2.45) is 11.5 Å². The molecule has 11 heteroatoms. The number of nitrogens with two attached hydrogens (primary N) is 2. The highest BCUT2D eigenvalue weighted by Gasteiger charge is 2.45. The molecular weight excluding hydrogens is 398 g/mol. The zero-order valence-electron chi connectivity index (χ0n) is 19.3. The average Bonchev–Trinajstić information content (AvgIpc) is 2.68. The van der Waals surface area contributed by atoms with Crippen LogP contribution in [0.2, 0.25) is 11.6 Å². The minimum Gasteiger partial charge on any atom is -0.377 e. The van der Waals surface area contributed by atoms with Gasteiger partial charge < -0.3 is 44.2 Å². The third-order valence-electron chi connectivity index (χ3n) is 4.14. The van der Waals surface area contributed by atoms with Gasteiger partial charge in [0, 0.05) is 52.7 Å². The second kappa shape index (κ2) is 20.4. The molecule has 1 atom stereocenters. The van der Waals surface area contributed by atoms with E-state index in [1.807, 2.05) is 20.8 Å². The Kier molecular flexibility index (Phi) is 23.8. The molecule has 0 aromatic heterocycles. The molecule has 0 aliphatic heterocycles. The molecule has 7 N–H and O–H groups in total. The van der Waals surface area contributed by atoms with Crippen molar-refractivity contribution in [1.29, 1.82) is 0 Å². The summed E-state index contributed by atoms with van der Waals surface area (Å²) in [5.74, 6) is 0. The maximum Gasteiger partial charge on any atom is 0.503 e. The van der Waals surface area contributed by atoms with Crippen LogP contribution in [0.15, 0.2) is 0 Å². The summed E-state index contributed by atoms with van der Waals surface area (Å²) < 4.78 is 33.1. The summed E-state index contributed by atoms with van der Waals surface area (Å²) in [5, 5.41) is 0. The van der Waals surface area contributed by atoms with E-state index in [1.54, 1.807) is 21.3 Å². The predicted octanol–water partition coefficient (Wildman–Crippen LogP) is 2.54. The van der Waals surface area contributed by atoms with Gasteiger partial charge in [0.1, 0.15) is 0 Å². The molecule has 0 aromatic rings. The summed E-state index contributed by atoms with van der Waals surface area (Å²) in [7, 11) is 0.0676. The van der Waals surface area contributed by atoms with Gasteiger partial charge in [0.05, 0.1) is 0 Å². The smallest absolute Gasteiger partial charge is 0.377 e. The third-order valence-corrected chi connectivity index (χ3v) is 10.7. The van der Waals surface area contributed by atoms with Gasteiger partial charge in [-0.2, -0.15) is 0 Å². The van der Waals surface area contributed by atoms with Gasteiger partial charge in [-0.25, -0.2) is 0 Å². The van der Waals surface area contributed by atoms with Gasteiger partial charge in [0.25, 0.3) is 0 Å². The molecular formula is C17H47N3O6Si2. The van der Waals surface area contributed by atoms with Gasteiger partial charge in [-0.1, -0.05) is 6.92 Å². The highest BCUT2D eigenvalue weighted by Crippen LogP contribution is 2.29. The first kappa shape index (κ1) is 32.7. The van der Waals surface area contributed by atoms with Crippen molar-refractivity contribution < 1.29 is 26.6 Å². The number of hydrogen-bond acceptors (Lipinski definition) is 9. The maximum absolute atomic E-state index is 5.65. The Hall–Kier alpha value is 0.0738. The summed E-state index contributed by atoms with van der Waals surface area (Å²) in [5.41, 5.74) is 11.3. The van der Waals surface area contributed by atoms with Crippen molar-refractivity contribution in [1.82, 2.24) is 6.15 Å². The fourth-order valence-corrected chi connectivity index (χ4v) is 8.06. The van der Waals surface area contributed by atoms with Crippen molar-refractivity contribution >= 4 is 17.6 Å². The molecule has 174 valence electrons. The molecule has 0 radical (unpaired) electrons. The van der Waals surface area contributed by atoms with Crippen LogP contribution in [0.5, 0.6) is 0 Å². The lowest BCUT2D eigenvalue weighted by Gasteiger charge is -2.31. The van der Waals surface area contributed by atoms with E-state index in [-0.39, 0.29) is 6.15 Å². The van der Waals surface area contributed by atoms with Crippen molar-refractivity contribution in [3.05, 3.63) is 0 Å². The van der Waals surface area contributed by atoms with Gasteiger partial charge in [-0.05, 0) is 53.1 Å². The molecule has 0 heterocycles. The van der Waals surface area contributed by atoms with Crippen LogP contribution in [-0.2, 0) is 26.6 Å². The molecule has 1 unspecified atom stereocenters. The highest BCUT2D eigenvalue weighted by molar-refractivity contribution is 6.62. The van der Waals surface area contributed by atoms with E-state index in [4.69, 9.17) is 38.0 Å². The normalized spacial score (nSPS) is 12.8. The Balaban J connectivity index is -0.000000432. The molecule has 0 fully saturated rings. The predicted molar refractivity (Wildman–Crippen MR) is 119 cm³/mol. The molecule has 0 aromatic carbocycles. The highest BCUT2D eigenvalue weighted by atomic mass is 28.4. The van der Waals surface area contributed by atoms with Crippen LogP contribution in [0.1, 0.15) is 47.0 Å². The van der Waals surface area contributed by atoms with Crippen LogP contribution < -0.4 is 17.6 Å². The SMILES string of the molecule is CCC(CCN)[Si](OC)(OC)OC.CCO[Si](CCCN)(OCC)OCC.N. The van der Waals surface area contributed by atoms with E-state index < -0.39 is 17.6 Å². The standard InChI is InChI=1S/C9H23NO3Si.C8H21NO3Si.H3N/c1-4-11-14(12-5-2,13-6-3)9-7-8-10;1-5-8(6-7-9)13(10-2,11-3)12-4;/h4-10H2,1-3H3;8H,5-7,9H2,1-4H3;1H3. The largest absolute Gasteiger partial charge is 0.503 e. The van der Waals surface area contributed by atoms with Gasteiger partial charge in [-0.3, -0.25) is 0 Å². The Morgan fingerprint density at radius 1 is 0.750 bits per heavy atom. The first-order valence-electron chi connectivity index (χ1n) is 9.92. The Morgan fingerprint density at radius 3 is 1.43 bits per heavy atom. The summed E-state index contributed by atoms with van der Waals surface area (Å²) in [6, 6.07) is 0.818. The van der Waals surface area contributed by atoms with Gasteiger partial charge >= 0.3 is 17.6 Å². The lowest BCUT2D eigenvalue weighted by Crippen LogP contribution is -2.48. The molecule has 28 heavy (non-hydrogen) atoms. The topological polar surface area (TPSA) is 142 Å². The minimum atomic E-state index is -2.45. The van der Waals surface area contributed by atoms with Gasteiger partial charge in [0.15, 0.2) is 0 Å². The first-order valence-corrected chi connectivity index (χ1v) is 13.7. The van der Waals surface area contributed by atoms with Gasteiger partial charge in [-0.15, -0.1) is 0 Å². The Labute approximate surface area is 175 Å². The first-order chi connectivity index (χ1) is 12.9. The summed E-state index contributed by atoms with van der Waals surface area (Å²) >= 11 is 0. The van der Waals surface area contributed by atoms with E-state index in [0.29, 0.717) is 38.5 Å². The van der Waals surface area contributed by atoms with Crippen molar-refractivity contribution in [2.45, 2.75) is 58.5 Å². The fraction of sp³-hybridized carbons (Fsp3) is 1.00. The Morgan fingerprint density at radius 2 is 1.18 bits per heavy atom. The van der Waals surface area contributed by atoms with Crippen LogP contribution in [0, 0.1) is 0 Å². The molecule has 0 saturated heterocycles. The van der Waals surface area contributed by atoms with Crippen molar-refractivity contribution in [2.75, 3.05) is 54.2 Å². The van der Waals surface area contributed by atoms with Crippen molar-refractivity contribution in [3.8, 4) is 0 Å². The van der Waals surface area contributed by atoms with Crippen LogP contribution in [0.25, 0.3) is 0 Å². The van der Waals surface area contributed by atoms with Gasteiger partial charge in [0.2, 0.25) is 0 Å². The Bertz CT molecular complexity index is 304. The molecule has 0 bridgehead atoms. The zero-order valence-corrected chi connectivity index (χ0v) is 21.3. The molecule has 0 aliphatic carbocycles. The average molecular weight is 446 g/mol. The van der Waals surface area contributed by atoms with Crippen LogP contribution in [0.4, 0.5) is 0 Å². The second-order valence-corrected chi connectivity index (χ2v) is 11.8. The van der Waals surface area contributed by atoms with Crippen LogP contribution >= 0.6 is 0 Å². The number of hydrogen-bond donors (Lipinski definition) is 3. The second-order valence-electron chi connectivity index (χ2n) is 5.77. The molecule has 0 spiro atoms. The molecule has 0 amide bonds. The fourth-order valence-electron chi connectivity index (χ4n) is 2.90. The zero-order chi connectivity index (χ0) is 21.2. The molecule has 0 rings (SSSR count). The lowest BCUT2D eigenvalue weighted by molar-refractivity contribution is 0.0710. The summed E-state index contributed by atoms with van der Waals surface area (Å²) in [6.45, 7) is 11.2. The lowest BCUT2D eigenvalue weighted by atomic mass is 10.2. The molecule has 0 aliphatic rings. The monoisotopic (exact) mass is 445 g/mol. The minimum absolute atomic E-state index is 0. The number of rotatable bonds is 16. The quantitative estimate of drug-likeness (QED) is 0.305. The maximum atomic E-state index is 5.65.